The average Bonchev–Trinajstić information content (AvgIpc) is 3.43. The van der Waals surface area contributed by atoms with Gasteiger partial charge in [-0.3, -0.25) is 14.4 Å². The highest BCUT2D eigenvalue weighted by Gasteiger charge is 2.19. The monoisotopic (exact) mass is 1070 g/mol. The minimum Gasteiger partial charge on any atom is -0.462 e. The Morgan fingerprint density at radius 2 is 0.532 bits per heavy atom. The molecule has 0 aliphatic heterocycles. The normalized spacial score (nSPS) is 12.7. The summed E-state index contributed by atoms with van der Waals surface area (Å²) in [7, 11) is 0. The highest BCUT2D eigenvalue weighted by molar-refractivity contribution is 5.71. The van der Waals surface area contributed by atoms with Crippen molar-refractivity contribution in [3.05, 3.63) is 97.2 Å². The average molecular weight is 1070 g/mol. The lowest BCUT2D eigenvalue weighted by Gasteiger charge is -2.18. The lowest BCUT2D eigenvalue weighted by Crippen LogP contribution is -2.30. The molecule has 77 heavy (non-hydrogen) atoms. The van der Waals surface area contributed by atoms with Crippen molar-refractivity contribution in [3.63, 3.8) is 0 Å². The topological polar surface area (TPSA) is 78.9 Å². The molecule has 0 aromatic rings. The Kier molecular flexibility index (Phi) is 61.8. The predicted molar refractivity (Wildman–Crippen MR) is 334 cm³/mol. The van der Waals surface area contributed by atoms with Crippen LogP contribution in [0.1, 0.15) is 316 Å². The number of rotatable bonds is 59. The Labute approximate surface area is 477 Å². The van der Waals surface area contributed by atoms with Crippen LogP contribution in [0.3, 0.4) is 0 Å². The van der Waals surface area contributed by atoms with Crippen molar-refractivity contribution in [1.82, 2.24) is 0 Å². The van der Waals surface area contributed by atoms with Crippen LogP contribution in [0.15, 0.2) is 97.2 Å². The molecule has 0 spiro atoms. The Hall–Kier alpha value is -3.67. The van der Waals surface area contributed by atoms with Crippen LogP contribution in [0.25, 0.3) is 0 Å². The molecule has 0 saturated carbocycles. The molecule has 1 atom stereocenters. The van der Waals surface area contributed by atoms with Crippen LogP contribution < -0.4 is 0 Å². The third-order valence-corrected chi connectivity index (χ3v) is 14.1. The Bertz CT molecular complexity index is 1510. The van der Waals surface area contributed by atoms with Gasteiger partial charge in [0.05, 0.1) is 0 Å². The molecule has 1 unspecified atom stereocenters. The van der Waals surface area contributed by atoms with E-state index in [0.717, 1.165) is 122 Å². The summed E-state index contributed by atoms with van der Waals surface area (Å²) in [5.41, 5.74) is 0. The molecule has 0 aromatic heterocycles. The molecule has 0 heterocycles. The summed E-state index contributed by atoms with van der Waals surface area (Å²) in [6.45, 7) is 6.45. The van der Waals surface area contributed by atoms with Gasteiger partial charge in [-0.1, -0.05) is 298 Å². The first-order chi connectivity index (χ1) is 38.0. The molecule has 0 aliphatic carbocycles. The lowest BCUT2D eigenvalue weighted by molar-refractivity contribution is -0.167. The predicted octanol–water partition coefficient (Wildman–Crippen LogP) is 22.4. The van der Waals surface area contributed by atoms with E-state index in [1.165, 1.54) is 148 Å². The standard InChI is InChI=1S/C71H122O6/c1-4-7-10-13-16-19-22-25-27-29-31-33-34-35-36-38-39-41-43-46-49-52-55-58-61-64-70(73)76-67-68(66-75-69(72)63-60-57-54-51-48-45-24-21-18-15-12-9-6-3)77-71(74)65-62-59-56-53-50-47-44-42-40-37-32-30-28-26-23-20-17-14-11-8-5-2/h8,11-12,15,17,20-21,24,26,28,32,37,42,44,50,53,68H,4-7,9-10,13-14,16,18-19,22-23,25,27,29-31,33-36,38-41,43,45-49,51-52,54-67H2,1-3H3/b11-8-,15-12-,20-17-,24-21-,28-26-,37-32-,44-42-,53-50-. The summed E-state index contributed by atoms with van der Waals surface area (Å²) in [6, 6.07) is 0. The van der Waals surface area contributed by atoms with E-state index in [4.69, 9.17) is 14.2 Å². The van der Waals surface area contributed by atoms with E-state index in [9.17, 15) is 14.4 Å². The van der Waals surface area contributed by atoms with E-state index in [1.54, 1.807) is 0 Å². The van der Waals surface area contributed by atoms with Crippen LogP contribution >= 0.6 is 0 Å². The zero-order valence-electron chi connectivity index (χ0n) is 50.7. The molecule has 6 heteroatoms. The van der Waals surface area contributed by atoms with Gasteiger partial charge >= 0.3 is 17.9 Å². The third kappa shape index (κ3) is 63.0. The van der Waals surface area contributed by atoms with Gasteiger partial charge in [0.2, 0.25) is 0 Å². The maximum Gasteiger partial charge on any atom is 0.306 e. The molecular formula is C71H122O6. The number of hydrogen-bond donors (Lipinski definition) is 0. The Balaban J connectivity index is 4.35. The molecule has 0 rings (SSSR count). The van der Waals surface area contributed by atoms with E-state index >= 15 is 0 Å². The van der Waals surface area contributed by atoms with Gasteiger partial charge in [-0.2, -0.15) is 0 Å². The molecule has 6 nitrogen and oxygen atoms in total. The largest absolute Gasteiger partial charge is 0.462 e. The van der Waals surface area contributed by atoms with Crippen LogP contribution in [-0.4, -0.2) is 37.2 Å². The van der Waals surface area contributed by atoms with Gasteiger partial charge in [0.1, 0.15) is 13.2 Å². The fourth-order valence-corrected chi connectivity index (χ4v) is 9.19. The van der Waals surface area contributed by atoms with Gasteiger partial charge < -0.3 is 14.2 Å². The van der Waals surface area contributed by atoms with E-state index in [0.29, 0.717) is 19.3 Å². The van der Waals surface area contributed by atoms with Crippen LogP contribution in [0.5, 0.6) is 0 Å². The Morgan fingerprint density at radius 1 is 0.273 bits per heavy atom. The molecule has 0 aliphatic rings. The van der Waals surface area contributed by atoms with Crippen molar-refractivity contribution >= 4 is 17.9 Å². The molecule has 0 amide bonds. The van der Waals surface area contributed by atoms with Gasteiger partial charge in [-0.15, -0.1) is 0 Å². The van der Waals surface area contributed by atoms with E-state index in [-0.39, 0.29) is 37.5 Å². The molecule has 442 valence electrons. The maximum absolute atomic E-state index is 12.9. The molecule has 0 aromatic carbocycles. The summed E-state index contributed by atoms with van der Waals surface area (Å²) in [5.74, 6) is -0.946. The fraction of sp³-hybridized carbons (Fsp3) is 0.732. The lowest BCUT2D eigenvalue weighted by atomic mass is 10.0. The number of allylic oxidation sites excluding steroid dienone is 16. The second kappa shape index (κ2) is 64.9. The number of hydrogen-bond acceptors (Lipinski definition) is 6. The van der Waals surface area contributed by atoms with Crippen LogP contribution in [0, 0.1) is 0 Å². The molecule has 0 radical (unpaired) electrons. The van der Waals surface area contributed by atoms with Crippen molar-refractivity contribution in [1.29, 1.82) is 0 Å². The first-order valence-electron chi connectivity index (χ1n) is 32.7. The summed E-state index contributed by atoms with van der Waals surface area (Å²) in [5, 5.41) is 0. The Morgan fingerprint density at radius 3 is 0.870 bits per heavy atom. The van der Waals surface area contributed by atoms with E-state index < -0.39 is 6.10 Å². The van der Waals surface area contributed by atoms with E-state index in [2.05, 4.69) is 118 Å². The number of carbonyl (C=O) groups excluding carboxylic acids is 3. The van der Waals surface area contributed by atoms with Crippen molar-refractivity contribution in [2.45, 2.75) is 322 Å². The van der Waals surface area contributed by atoms with Crippen molar-refractivity contribution in [2.24, 2.45) is 0 Å². The van der Waals surface area contributed by atoms with Crippen LogP contribution in [-0.2, 0) is 28.6 Å². The smallest absolute Gasteiger partial charge is 0.306 e. The molecule has 0 saturated heterocycles. The summed E-state index contributed by atoms with van der Waals surface area (Å²) >= 11 is 0. The van der Waals surface area contributed by atoms with Gasteiger partial charge in [-0.25, -0.2) is 0 Å². The number of ether oxygens (including phenoxy) is 3. The maximum atomic E-state index is 12.9. The van der Waals surface area contributed by atoms with Crippen LogP contribution in [0.4, 0.5) is 0 Å². The first kappa shape index (κ1) is 73.3. The SMILES string of the molecule is CC/C=C\C/C=C\C/C=C\C/C=C\C/C=C\C/C=C\CCCCC(=O)OC(COC(=O)CCCCCCC/C=C\C/C=C\CCC)COC(=O)CCCCCCCCCCCCCCCCCCCCCCCCCCC. The number of esters is 3. The molecule has 0 bridgehead atoms. The second-order valence-electron chi connectivity index (χ2n) is 21.6. The second-order valence-corrected chi connectivity index (χ2v) is 21.6. The van der Waals surface area contributed by atoms with Gasteiger partial charge in [0, 0.05) is 19.3 Å². The molecular weight excluding hydrogens is 949 g/mol. The highest BCUT2D eigenvalue weighted by Crippen LogP contribution is 2.17. The van der Waals surface area contributed by atoms with Crippen molar-refractivity contribution in [2.75, 3.05) is 13.2 Å². The fourth-order valence-electron chi connectivity index (χ4n) is 9.19. The zero-order valence-corrected chi connectivity index (χ0v) is 50.7. The number of unbranched alkanes of at least 4 members (excludes halogenated alkanes) is 32. The minimum absolute atomic E-state index is 0.0979. The minimum atomic E-state index is -0.807. The van der Waals surface area contributed by atoms with E-state index in [1.807, 2.05) is 0 Å². The highest BCUT2D eigenvalue weighted by atomic mass is 16.6. The van der Waals surface area contributed by atoms with Gasteiger partial charge in [0.15, 0.2) is 6.10 Å². The summed E-state index contributed by atoms with van der Waals surface area (Å²) < 4.78 is 16.9. The molecule has 0 fully saturated rings. The van der Waals surface area contributed by atoms with Crippen LogP contribution in [0.2, 0.25) is 0 Å². The quantitative estimate of drug-likeness (QED) is 0.0261. The third-order valence-electron chi connectivity index (χ3n) is 14.1. The van der Waals surface area contributed by atoms with Crippen molar-refractivity contribution in [3.8, 4) is 0 Å². The van der Waals surface area contributed by atoms with Gasteiger partial charge in [-0.05, 0) is 96.3 Å². The molecule has 0 N–H and O–H groups in total. The van der Waals surface area contributed by atoms with Crippen molar-refractivity contribution < 1.29 is 28.6 Å². The zero-order chi connectivity index (χ0) is 55.7. The number of carbonyl (C=O) groups is 3. The van der Waals surface area contributed by atoms with Gasteiger partial charge in [0.25, 0.3) is 0 Å². The summed E-state index contributed by atoms with van der Waals surface area (Å²) in [6.07, 6.45) is 87.2. The first-order valence-corrected chi connectivity index (χ1v) is 32.7. The summed E-state index contributed by atoms with van der Waals surface area (Å²) in [4.78, 5) is 38.3.